The molecule has 1 heterocycles. The van der Waals surface area contributed by atoms with E-state index in [1.807, 2.05) is 0 Å². The van der Waals surface area contributed by atoms with Gasteiger partial charge in [-0.05, 0) is 38.1 Å². The second-order valence-electron chi connectivity index (χ2n) is 3.99. The fourth-order valence-electron chi connectivity index (χ4n) is 1.54. The van der Waals surface area contributed by atoms with Crippen LogP contribution < -0.4 is 5.32 Å². The molecule has 5 heteroatoms. The molecular weight excluding hydrogens is 225 g/mol. The van der Waals surface area contributed by atoms with Crippen LogP contribution in [-0.2, 0) is 14.3 Å². The van der Waals surface area contributed by atoms with Crippen LogP contribution in [-0.4, -0.2) is 18.5 Å². The SMILES string of the molecule is CC1OC(C(C)C(=O)Nc2ccc(F)cc2)O1. The van der Waals surface area contributed by atoms with Crippen molar-refractivity contribution in [1.29, 1.82) is 0 Å². The second-order valence-corrected chi connectivity index (χ2v) is 3.99. The van der Waals surface area contributed by atoms with Gasteiger partial charge in [-0.25, -0.2) is 4.39 Å². The molecule has 1 saturated heterocycles. The summed E-state index contributed by atoms with van der Waals surface area (Å²) in [6, 6.07) is 5.59. The molecule has 0 spiro atoms. The molecule has 1 aromatic carbocycles. The summed E-state index contributed by atoms with van der Waals surface area (Å²) in [5, 5.41) is 2.67. The minimum absolute atomic E-state index is 0.214. The van der Waals surface area contributed by atoms with Crippen molar-refractivity contribution in [2.24, 2.45) is 5.92 Å². The standard InChI is InChI=1S/C12H14FNO3/c1-7(12-16-8(2)17-12)11(15)14-10-5-3-9(13)4-6-10/h3-8,12H,1-2H3,(H,14,15). The normalized spacial score (nSPS) is 24.9. The number of ether oxygens (including phenoxy) is 2. The summed E-state index contributed by atoms with van der Waals surface area (Å²) < 4.78 is 23.1. The van der Waals surface area contributed by atoms with Crippen molar-refractivity contribution in [3.8, 4) is 0 Å². The van der Waals surface area contributed by atoms with Crippen LogP contribution in [0, 0.1) is 11.7 Å². The van der Waals surface area contributed by atoms with Gasteiger partial charge < -0.3 is 14.8 Å². The van der Waals surface area contributed by atoms with Crippen LogP contribution >= 0.6 is 0 Å². The fourth-order valence-corrected chi connectivity index (χ4v) is 1.54. The number of carbonyl (C=O) groups excluding carboxylic acids is 1. The number of anilines is 1. The van der Waals surface area contributed by atoms with E-state index in [1.54, 1.807) is 13.8 Å². The van der Waals surface area contributed by atoms with E-state index in [0.717, 1.165) is 0 Å². The molecule has 92 valence electrons. The first-order chi connectivity index (χ1) is 8.06. The molecule has 4 nitrogen and oxygen atoms in total. The maximum atomic E-state index is 12.7. The third-order valence-corrected chi connectivity index (χ3v) is 2.59. The van der Waals surface area contributed by atoms with E-state index in [4.69, 9.17) is 9.47 Å². The van der Waals surface area contributed by atoms with E-state index in [9.17, 15) is 9.18 Å². The molecule has 0 radical (unpaired) electrons. The molecule has 1 aliphatic rings. The summed E-state index contributed by atoms with van der Waals surface area (Å²) in [6.07, 6.45) is -0.744. The number of amides is 1. The monoisotopic (exact) mass is 239 g/mol. The predicted octanol–water partition coefficient (Wildman–Crippen LogP) is 2.12. The highest BCUT2D eigenvalue weighted by atomic mass is 19.1. The van der Waals surface area contributed by atoms with E-state index < -0.39 is 12.2 Å². The molecule has 0 aliphatic carbocycles. The lowest BCUT2D eigenvalue weighted by molar-refractivity contribution is -0.385. The smallest absolute Gasteiger partial charge is 0.232 e. The van der Waals surface area contributed by atoms with Crippen LogP contribution in [0.3, 0.4) is 0 Å². The van der Waals surface area contributed by atoms with E-state index in [0.29, 0.717) is 5.69 Å². The summed E-state index contributed by atoms with van der Waals surface area (Å²) in [6.45, 7) is 3.48. The molecule has 2 rings (SSSR count). The molecule has 1 aliphatic heterocycles. The third-order valence-electron chi connectivity index (χ3n) is 2.59. The van der Waals surface area contributed by atoms with Crippen LogP contribution in [0.25, 0.3) is 0 Å². The number of carbonyl (C=O) groups is 1. The molecule has 17 heavy (non-hydrogen) atoms. The highest BCUT2D eigenvalue weighted by Crippen LogP contribution is 2.24. The van der Waals surface area contributed by atoms with Crippen molar-refractivity contribution in [1.82, 2.24) is 0 Å². The Morgan fingerprint density at radius 2 is 1.94 bits per heavy atom. The van der Waals surface area contributed by atoms with Gasteiger partial charge in [0.1, 0.15) is 5.82 Å². The van der Waals surface area contributed by atoms with Gasteiger partial charge in [-0.15, -0.1) is 0 Å². The topological polar surface area (TPSA) is 47.6 Å². The molecule has 1 N–H and O–H groups in total. The number of benzene rings is 1. The van der Waals surface area contributed by atoms with Crippen molar-refractivity contribution < 1.29 is 18.7 Å². The van der Waals surface area contributed by atoms with Gasteiger partial charge in [-0.2, -0.15) is 0 Å². The lowest BCUT2D eigenvalue weighted by Crippen LogP contribution is -2.46. The predicted molar refractivity (Wildman–Crippen MR) is 59.6 cm³/mol. The first-order valence-corrected chi connectivity index (χ1v) is 5.43. The summed E-state index contributed by atoms with van der Waals surface area (Å²) in [5.74, 6) is -0.958. The van der Waals surface area contributed by atoms with E-state index in [1.165, 1.54) is 24.3 Å². The highest BCUT2D eigenvalue weighted by molar-refractivity contribution is 5.92. The molecule has 1 aromatic rings. The summed E-state index contributed by atoms with van der Waals surface area (Å²) >= 11 is 0. The summed E-state index contributed by atoms with van der Waals surface area (Å²) in [7, 11) is 0. The first-order valence-electron chi connectivity index (χ1n) is 5.43. The zero-order valence-corrected chi connectivity index (χ0v) is 9.64. The maximum absolute atomic E-state index is 12.7. The molecule has 1 amide bonds. The Kier molecular flexibility index (Phi) is 3.40. The lowest BCUT2D eigenvalue weighted by atomic mass is 10.1. The molecular formula is C12H14FNO3. The van der Waals surface area contributed by atoms with Gasteiger partial charge in [0.05, 0.1) is 5.92 Å². The number of hydrogen-bond acceptors (Lipinski definition) is 3. The Morgan fingerprint density at radius 3 is 2.47 bits per heavy atom. The fraction of sp³-hybridized carbons (Fsp3) is 0.417. The van der Waals surface area contributed by atoms with Gasteiger partial charge in [0.15, 0.2) is 12.6 Å². The molecule has 0 bridgehead atoms. The minimum atomic E-state index is -0.495. The Labute approximate surface area is 98.7 Å². The molecule has 0 aromatic heterocycles. The van der Waals surface area contributed by atoms with E-state index in [-0.39, 0.29) is 18.0 Å². The van der Waals surface area contributed by atoms with Crippen molar-refractivity contribution in [3.05, 3.63) is 30.1 Å². The Bertz CT molecular complexity index is 401. The Morgan fingerprint density at radius 1 is 1.35 bits per heavy atom. The van der Waals surface area contributed by atoms with Crippen LogP contribution in [0.1, 0.15) is 13.8 Å². The van der Waals surface area contributed by atoms with Crippen LogP contribution in [0.15, 0.2) is 24.3 Å². The van der Waals surface area contributed by atoms with E-state index >= 15 is 0 Å². The van der Waals surface area contributed by atoms with Crippen molar-refractivity contribution in [2.75, 3.05) is 5.32 Å². The Hall–Kier alpha value is -1.46. The Balaban J connectivity index is 1.90. The molecule has 1 fully saturated rings. The highest BCUT2D eigenvalue weighted by Gasteiger charge is 2.35. The zero-order chi connectivity index (χ0) is 12.4. The summed E-state index contributed by atoms with van der Waals surface area (Å²) in [4.78, 5) is 11.8. The second kappa shape index (κ2) is 4.81. The van der Waals surface area contributed by atoms with Gasteiger partial charge in [-0.3, -0.25) is 4.79 Å². The van der Waals surface area contributed by atoms with E-state index in [2.05, 4.69) is 5.32 Å². The quantitative estimate of drug-likeness (QED) is 0.878. The van der Waals surface area contributed by atoms with Crippen molar-refractivity contribution in [2.45, 2.75) is 26.4 Å². The third kappa shape index (κ3) is 2.81. The molecule has 1 atom stereocenters. The number of halogens is 1. The first kappa shape index (κ1) is 12.0. The summed E-state index contributed by atoms with van der Waals surface area (Å²) in [5.41, 5.74) is 0.552. The number of rotatable bonds is 3. The van der Waals surface area contributed by atoms with Crippen LogP contribution in [0.4, 0.5) is 10.1 Å². The van der Waals surface area contributed by atoms with Gasteiger partial charge in [-0.1, -0.05) is 0 Å². The number of nitrogens with one attached hydrogen (secondary N) is 1. The molecule has 1 unspecified atom stereocenters. The van der Waals surface area contributed by atoms with Crippen LogP contribution in [0.5, 0.6) is 0 Å². The largest absolute Gasteiger partial charge is 0.326 e. The molecule has 0 saturated carbocycles. The van der Waals surface area contributed by atoms with Crippen LogP contribution in [0.2, 0.25) is 0 Å². The van der Waals surface area contributed by atoms with Crippen molar-refractivity contribution >= 4 is 11.6 Å². The minimum Gasteiger partial charge on any atom is -0.326 e. The van der Waals surface area contributed by atoms with Crippen molar-refractivity contribution in [3.63, 3.8) is 0 Å². The average molecular weight is 239 g/mol. The van der Waals surface area contributed by atoms with Gasteiger partial charge >= 0.3 is 0 Å². The zero-order valence-electron chi connectivity index (χ0n) is 9.64. The number of hydrogen-bond donors (Lipinski definition) is 1. The lowest BCUT2D eigenvalue weighted by Gasteiger charge is -2.36. The van der Waals surface area contributed by atoms with Gasteiger partial charge in [0.25, 0.3) is 0 Å². The maximum Gasteiger partial charge on any atom is 0.232 e. The van der Waals surface area contributed by atoms with Gasteiger partial charge in [0.2, 0.25) is 5.91 Å². The average Bonchev–Trinajstić information content (AvgIpc) is 2.27. The van der Waals surface area contributed by atoms with Gasteiger partial charge in [0, 0.05) is 5.69 Å².